The molecule has 0 saturated heterocycles. The topological polar surface area (TPSA) is 52.8 Å². The molecule has 4 nitrogen and oxygen atoms in total. The molecule has 0 bridgehead atoms. The van der Waals surface area contributed by atoms with Crippen LogP contribution in [0.1, 0.15) is 26.6 Å². The molecule has 1 heterocycles. The van der Waals surface area contributed by atoms with Crippen LogP contribution >= 0.6 is 0 Å². The van der Waals surface area contributed by atoms with E-state index < -0.39 is 0 Å². The van der Waals surface area contributed by atoms with Crippen molar-refractivity contribution in [3.8, 4) is 6.07 Å². The minimum atomic E-state index is 0.172. The van der Waals surface area contributed by atoms with Gasteiger partial charge in [-0.25, -0.2) is 9.97 Å². The zero-order chi connectivity index (χ0) is 12.0. The van der Waals surface area contributed by atoms with Gasteiger partial charge in [-0.15, -0.1) is 0 Å². The molecule has 0 amide bonds. The molecular formula is C12H18N4. The number of rotatable bonds is 4. The highest BCUT2D eigenvalue weighted by Crippen LogP contribution is 2.15. The van der Waals surface area contributed by atoms with Gasteiger partial charge in [0.05, 0.1) is 19.2 Å². The van der Waals surface area contributed by atoms with E-state index in [1.165, 1.54) is 0 Å². The summed E-state index contributed by atoms with van der Waals surface area (Å²) >= 11 is 0. The first kappa shape index (κ1) is 12.6. The molecule has 0 aliphatic carbocycles. The van der Waals surface area contributed by atoms with Crippen molar-refractivity contribution in [3.63, 3.8) is 0 Å². The van der Waals surface area contributed by atoms with Crippen molar-refractivity contribution in [3.05, 3.63) is 24.3 Å². The third-order valence-electron chi connectivity index (χ3n) is 1.98. The summed E-state index contributed by atoms with van der Waals surface area (Å²) in [6.07, 6.45) is 3.45. The van der Waals surface area contributed by atoms with E-state index in [2.05, 4.69) is 41.7 Å². The largest absolute Gasteiger partial charge is 0.283 e. The van der Waals surface area contributed by atoms with Gasteiger partial charge in [0, 0.05) is 18.9 Å². The smallest absolute Gasteiger partial charge is 0.142 e. The summed E-state index contributed by atoms with van der Waals surface area (Å²) in [4.78, 5) is 10.4. The molecule has 4 heteroatoms. The maximum Gasteiger partial charge on any atom is 0.142 e. The first-order chi connectivity index (χ1) is 7.51. The fourth-order valence-electron chi connectivity index (χ4n) is 1.55. The highest BCUT2D eigenvalue weighted by atomic mass is 15.1. The molecule has 0 aliphatic rings. The van der Waals surface area contributed by atoms with Crippen molar-refractivity contribution in [2.75, 3.05) is 13.1 Å². The second-order valence-corrected chi connectivity index (χ2v) is 5.03. The van der Waals surface area contributed by atoms with E-state index in [0.717, 1.165) is 12.4 Å². The summed E-state index contributed by atoms with van der Waals surface area (Å²) in [5, 5.41) is 8.78. The van der Waals surface area contributed by atoms with Crippen LogP contribution in [-0.2, 0) is 6.54 Å². The van der Waals surface area contributed by atoms with E-state index in [1.54, 1.807) is 18.5 Å². The second kappa shape index (κ2) is 5.57. The van der Waals surface area contributed by atoms with Gasteiger partial charge in [0.1, 0.15) is 5.82 Å². The highest BCUT2D eigenvalue weighted by molar-refractivity contribution is 4.90. The molecule has 0 radical (unpaired) electrons. The van der Waals surface area contributed by atoms with Crippen LogP contribution < -0.4 is 0 Å². The SMILES string of the molecule is CC(C)(C)CN(CC#N)Cc1ncccn1. The number of hydrogen-bond donors (Lipinski definition) is 0. The van der Waals surface area contributed by atoms with Crippen LogP contribution in [0.5, 0.6) is 0 Å². The monoisotopic (exact) mass is 218 g/mol. The molecular weight excluding hydrogens is 200 g/mol. The molecule has 0 fully saturated rings. The molecule has 16 heavy (non-hydrogen) atoms. The van der Waals surface area contributed by atoms with Gasteiger partial charge in [-0.2, -0.15) is 5.26 Å². The normalized spacial score (nSPS) is 11.4. The predicted molar refractivity (Wildman–Crippen MR) is 62.4 cm³/mol. The Labute approximate surface area is 96.9 Å². The fraction of sp³-hybridized carbons (Fsp3) is 0.583. The lowest BCUT2D eigenvalue weighted by molar-refractivity contribution is 0.199. The molecule has 0 unspecified atom stereocenters. The minimum absolute atomic E-state index is 0.172. The van der Waals surface area contributed by atoms with Gasteiger partial charge in [-0.05, 0) is 11.5 Å². The number of hydrogen-bond acceptors (Lipinski definition) is 4. The van der Waals surface area contributed by atoms with E-state index in [-0.39, 0.29) is 5.41 Å². The Balaban J connectivity index is 2.62. The van der Waals surface area contributed by atoms with E-state index >= 15 is 0 Å². The Bertz CT molecular complexity index is 348. The zero-order valence-corrected chi connectivity index (χ0v) is 10.1. The zero-order valence-electron chi connectivity index (χ0n) is 10.1. The summed E-state index contributed by atoms with van der Waals surface area (Å²) in [5.41, 5.74) is 0.172. The Kier molecular flexibility index (Phi) is 4.39. The standard InChI is InChI=1S/C12H18N4/c1-12(2,3)10-16(8-5-13)9-11-14-6-4-7-15-11/h4,6-7H,8-10H2,1-3H3. The molecule has 1 rings (SSSR count). The number of nitrogens with zero attached hydrogens (tertiary/aromatic N) is 4. The molecule has 86 valence electrons. The van der Waals surface area contributed by atoms with Gasteiger partial charge >= 0.3 is 0 Å². The van der Waals surface area contributed by atoms with Crippen LogP contribution in [0.25, 0.3) is 0 Å². The van der Waals surface area contributed by atoms with Gasteiger partial charge in [-0.1, -0.05) is 20.8 Å². The van der Waals surface area contributed by atoms with Crippen molar-refractivity contribution in [2.45, 2.75) is 27.3 Å². The maximum atomic E-state index is 8.78. The summed E-state index contributed by atoms with van der Waals surface area (Å²) in [6.45, 7) is 8.37. The highest BCUT2D eigenvalue weighted by Gasteiger charge is 2.17. The van der Waals surface area contributed by atoms with Gasteiger partial charge in [0.25, 0.3) is 0 Å². The van der Waals surface area contributed by atoms with Crippen LogP contribution in [0.2, 0.25) is 0 Å². The molecule has 0 atom stereocenters. The first-order valence-electron chi connectivity index (χ1n) is 5.36. The maximum absolute atomic E-state index is 8.78. The third-order valence-corrected chi connectivity index (χ3v) is 1.98. The molecule has 0 saturated carbocycles. The molecule has 1 aromatic rings. The van der Waals surface area contributed by atoms with E-state index in [0.29, 0.717) is 13.1 Å². The molecule has 0 aromatic carbocycles. The molecule has 0 aliphatic heterocycles. The van der Waals surface area contributed by atoms with Crippen LogP contribution in [0.4, 0.5) is 0 Å². The number of nitriles is 1. The van der Waals surface area contributed by atoms with Crippen molar-refractivity contribution >= 4 is 0 Å². The van der Waals surface area contributed by atoms with Gasteiger partial charge in [0.15, 0.2) is 0 Å². The molecule has 0 spiro atoms. The first-order valence-corrected chi connectivity index (χ1v) is 5.36. The van der Waals surface area contributed by atoms with Crippen LogP contribution in [0, 0.1) is 16.7 Å². The quantitative estimate of drug-likeness (QED) is 0.724. The third kappa shape index (κ3) is 4.85. The molecule has 0 N–H and O–H groups in total. The van der Waals surface area contributed by atoms with Gasteiger partial charge < -0.3 is 0 Å². The van der Waals surface area contributed by atoms with Crippen molar-refractivity contribution in [2.24, 2.45) is 5.41 Å². The van der Waals surface area contributed by atoms with Crippen LogP contribution in [0.15, 0.2) is 18.5 Å². The van der Waals surface area contributed by atoms with Crippen molar-refractivity contribution < 1.29 is 0 Å². The van der Waals surface area contributed by atoms with E-state index in [9.17, 15) is 0 Å². The molecule has 1 aromatic heterocycles. The summed E-state index contributed by atoms with van der Waals surface area (Å²) < 4.78 is 0. The second-order valence-electron chi connectivity index (χ2n) is 5.03. The lowest BCUT2D eigenvalue weighted by Crippen LogP contribution is -2.33. The lowest BCUT2D eigenvalue weighted by Gasteiger charge is -2.27. The van der Waals surface area contributed by atoms with Crippen molar-refractivity contribution in [1.29, 1.82) is 5.26 Å². The Hall–Kier alpha value is -1.47. The van der Waals surface area contributed by atoms with Crippen LogP contribution in [0.3, 0.4) is 0 Å². The van der Waals surface area contributed by atoms with Crippen LogP contribution in [-0.4, -0.2) is 28.0 Å². The lowest BCUT2D eigenvalue weighted by atomic mass is 9.96. The van der Waals surface area contributed by atoms with E-state index in [1.807, 2.05) is 0 Å². The average molecular weight is 218 g/mol. The Morgan fingerprint density at radius 3 is 2.44 bits per heavy atom. The average Bonchev–Trinajstić information content (AvgIpc) is 2.17. The van der Waals surface area contributed by atoms with Gasteiger partial charge in [0.2, 0.25) is 0 Å². The van der Waals surface area contributed by atoms with E-state index in [4.69, 9.17) is 5.26 Å². The minimum Gasteiger partial charge on any atom is -0.283 e. The summed E-state index contributed by atoms with van der Waals surface area (Å²) in [5.74, 6) is 0.766. The predicted octanol–water partition coefficient (Wildman–Crippen LogP) is 1.85. The summed E-state index contributed by atoms with van der Waals surface area (Å²) in [6, 6.07) is 3.97. The summed E-state index contributed by atoms with van der Waals surface area (Å²) in [7, 11) is 0. The Morgan fingerprint density at radius 1 is 1.31 bits per heavy atom. The fourth-order valence-corrected chi connectivity index (χ4v) is 1.55. The van der Waals surface area contributed by atoms with Crippen molar-refractivity contribution in [1.82, 2.24) is 14.9 Å². The number of aromatic nitrogens is 2. The van der Waals surface area contributed by atoms with Gasteiger partial charge in [-0.3, -0.25) is 4.90 Å². The Morgan fingerprint density at radius 2 is 1.94 bits per heavy atom.